The lowest BCUT2D eigenvalue weighted by Gasteiger charge is -2.15. The molecule has 0 unspecified atom stereocenters. The van der Waals surface area contributed by atoms with E-state index in [9.17, 15) is 4.79 Å². The van der Waals surface area contributed by atoms with Crippen LogP contribution in [0.3, 0.4) is 0 Å². The van der Waals surface area contributed by atoms with Crippen molar-refractivity contribution in [3.63, 3.8) is 0 Å². The van der Waals surface area contributed by atoms with Crippen molar-refractivity contribution in [3.8, 4) is 0 Å². The Balaban J connectivity index is 2.84. The first-order valence-electron chi connectivity index (χ1n) is 6.71. The molecule has 0 amide bonds. The van der Waals surface area contributed by atoms with Crippen LogP contribution in [0, 0.1) is 20.8 Å². The number of aromatic nitrogens is 1. The van der Waals surface area contributed by atoms with Gasteiger partial charge in [-0.1, -0.05) is 11.6 Å². The van der Waals surface area contributed by atoms with Crippen LogP contribution in [0.5, 0.6) is 0 Å². The number of aryl methyl sites for hydroxylation is 4. The van der Waals surface area contributed by atoms with Gasteiger partial charge in [0.1, 0.15) is 0 Å². The average Bonchev–Trinajstić information content (AvgIpc) is 2.35. The summed E-state index contributed by atoms with van der Waals surface area (Å²) in [5.41, 5.74) is 5.65. The third-order valence-corrected chi connectivity index (χ3v) is 3.82. The molecular weight excluding hydrogens is 236 g/mol. The minimum atomic E-state index is 0.132. The standard InChI is InChI=1S/C16H22N2O/c1-10-8-11(2)15-14(9-10)12(3)13(6-7-17-4)16(19)18(15)5/h8-9,17H,6-7H2,1-5H3. The number of hydrogen-bond donors (Lipinski definition) is 1. The molecule has 0 saturated heterocycles. The minimum absolute atomic E-state index is 0.132. The van der Waals surface area contributed by atoms with Crippen LogP contribution >= 0.6 is 0 Å². The molecule has 3 nitrogen and oxygen atoms in total. The summed E-state index contributed by atoms with van der Waals surface area (Å²) in [5, 5.41) is 4.31. The maximum atomic E-state index is 12.5. The summed E-state index contributed by atoms with van der Waals surface area (Å²) in [6.45, 7) is 7.06. The van der Waals surface area contributed by atoms with E-state index < -0.39 is 0 Å². The van der Waals surface area contributed by atoms with Crippen molar-refractivity contribution in [3.05, 3.63) is 44.7 Å². The number of nitrogens with zero attached hydrogens (tertiary/aromatic N) is 1. The summed E-state index contributed by atoms with van der Waals surface area (Å²) in [6.07, 6.45) is 0.776. The molecule has 0 spiro atoms. The van der Waals surface area contributed by atoms with Crippen molar-refractivity contribution >= 4 is 10.9 Å². The lowest BCUT2D eigenvalue weighted by molar-refractivity contribution is 0.768. The topological polar surface area (TPSA) is 34.0 Å². The predicted molar refractivity (Wildman–Crippen MR) is 81.0 cm³/mol. The molecule has 102 valence electrons. The number of benzene rings is 1. The van der Waals surface area contributed by atoms with E-state index in [4.69, 9.17) is 0 Å². The smallest absolute Gasteiger partial charge is 0.254 e. The Morgan fingerprint density at radius 2 is 1.89 bits per heavy atom. The summed E-state index contributed by atoms with van der Waals surface area (Å²) in [7, 11) is 3.78. The van der Waals surface area contributed by atoms with Crippen molar-refractivity contribution in [1.82, 2.24) is 9.88 Å². The van der Waals surface area contributed by atoms with Crippen LogP contribution in [0.25, 0.3) is 10.9 Å². The number of likely N-dealkylation sites (N-methyl/N-ethyl adjacent to an activating group) is 1. The molecule has 2 rings (SSSR count). The van der Waals surface area contributed by atoms with Gasteiger partial charge in [-0.2, -0.15) is 0 Å². The lowest BCUT2D eigenvalue weighted by Crippen LogP contribution is -2.26. The van der Waals surface area contributed by atoms with Gasteiger partial charge in [-0.3, -0.25) is 4.79 Å². The Bertz CT molecular complexity index is 683. The number of rotatable bonds is 3. The Labute approximate surface area is 114 Å². The molecule has 3 heteroatoms. The van der Waals surface area contributed by atoms with E-state index in [2.05, 4.69) is 38.2 Å². The number of pyridine rings is 1. The van der Waals surface area contributed by atoms with Gasteiger partial charge < -0.3 is 9.88 Å². The number of nitrogens with one attached hydrogen (secondary N) is 1. The molecular formula is C16H22N2O. The van der Waals surface area contributed by atoms with Crippen molar-refractivity contribution < 1.29 is 0 Å². The largest absolute Gasteiger partial charge is 0.319 e. The van der Waals surface area contributed by atoms with Crippen LogP contribution in [0.2, 0.25) is 0 Å². The molecule has 1 aromatic carbocycles. The first-order valence-corrected chi connectivity index (χ1v) is 6.71. The van der Waals surface area contributed by atoms with Gasteiger partial charge in [0, 0.05) is 18.0 Å². The molecule has 0 fully saturated rings. The zero-order valence-electron chi connectivity index (χ0n) is 12.4. The normalized spacial score (nSPS) is 11.2. The molecule has 0 atom stereocenters. The summed E-state index contributed by atoms with van der Waals surface area (Å²) >= 11 is 0. The fourth-order valence-electron chi connectivity index (χ4n) is 2.86. The predicted octanol–water partition coefficient (Wildman–Crippen LogP) is 2.23. The van der Waals surface area contributed by atoms with E-state index in [0.29, 0.717) is 0 Å². The highest BCUT2D eigenvalue weighted by Gasteiger charge is 2.13. The zero-order chi connectivity index (χ0) is 14.2. The van der Waals surface area contributed by atoms with E-state index >= 15 is 0 Å². The van der Waals surface area contributed by atoms with Crippen LogP contribution in [0.1, 0.15) is 22.3 Å². The Kier molecular flexibility index (Phi) is 3.76. The monoisotopic (exact) mass is 258 g/mol. The second kappa shape index (κ2) is 5.17. The molecule has 19 heavy (non-hydrogen) atoms. The van der Waals surface area contributed by atoms with E-state index in [1.807, 2.05) is 14.1 Å². The maximum Gasteiger partial charge on any atom is 0.254 e. The molecule has 0 aliphatic rings. The third kappa shape index (κ3) is 2.30. The SMILES string of the molecule is CNCCc1c(C)c2cc(C)cc(C)c2n(C)c1=O. The van der Waals surface area contributed by atoms with Crippen molar-refractivity contribution in [2.75, 3.05) is 13.6 Å². The van der Waals surface area contributed by atoms with Gasteiger partial charge in [0.05, 0.1) is 5.52 Å². The van der Waals surface area contributed by atoms with Crippen molar-refractivity contribution in [1.29, 1.82) is 0 Å². The van der Waals surface area contributed by atoms with E-state index in [1.54, 1.807) is 4.57 Å². The van der Waals surface area contributed by atoms with Gasteiger partial charge in [0.2, 0.25) is 0 Å². The molecule has 0 bridgehead atoms. The molecule has 1 N–H and O–H groups in total. The molecule has 0 aliphatic carbocycles. The quantitative estimate of drug-likeness (QED) is 0.916. The minimum Gasteiger partial charge on any atom is -0.319 e. The summed E-state index contributed by atoms with van der Waals surface area (Å²) < 4.78 is 1.79. The summed E-state index contributed by atoms with van der Waals surface area (Å²) in [4.78, 5) is 12.5. The van der Waals surface area contributed by atoms with Crippen LogP contribution < -0.4 is 10.9 Å². The molecule has 0 aliphatic heterocycles. The zero-order valence-corrected chi connectivity index (χ0v) is 12.4. The molecule has 0 saturated carbocycles. The van der Waals surface area contributed by atoms with Gasteiger partial charge in [0.15, 0.2) is 0 Å². The summed E-state index contributed by atoms with van der Waals surface area (Å²) in [6, 6.07) is 4.31. The second-order valence-corrected chi connectivity index (χ2v) is 5.30. The highest BCUT2D eigenvalue weighted by molar-refractivity contribution is 5.86. The average molecular weight is 258 g/mol. The van der Waals surface area contributed by atoms with Gasteiger partial charge in [0.25, 0.3) is 5.56 Å². The molecule has 1 heterocycles. The fourth-order valence-corrected chi connectivity index (χ4v) is 2.86. The third-order valence-electron chi connectivity index (χ3n) is 3.82. The summed E-state index contributed by atoms with van der Waals surface area (Å²) in [5.74, 6) is 0. The Morgan fingerprint density at radius 1 is 1.21 bits per heavy atom. The number of hydrogen-bond acceptors (Lipinski definition) is 2. The molecule has 2 aromatic rings. The highest BCUT2D eigenvalue weighted by Crippen LogP contribution is 2.23. The van der Waals surface area contributed by atoms with Crippen molar-refractivity contribution in [2.24, 2.45) is 7.05 Å². The van der Waals surface area contributed by atoms with Gasteiger partial charge in [-0.05, 0) is 58.0 Å². The highest BCUT2D eigenvalue weighted by atomic mass is 16.1. The van der Waals surface area contributed by atoms with Crippen molar-refractivity contribution in [2.45, 2.75) is 27.2 Å². The fraction of sp³-hybridized carbons (Fsp3) is 0.438. The second-order valence-electron chi connectivity index (χ2n) is 5.30. The first kappa shape index (κ1) is 13.8. The number of fused-ring (bicyclic) bond motifs is 1. The van der Waals surface area contributed by atoms with Crippen LogP contribution in [-0.2, 0) is 13.5 Å². The molecule has 1 aromatic heterocycles. The van der Waals surface area contributed by atoms with Crippen LogP contribution in [-0.4, -0.2) is 18.2 Å². The first-order chi connectivity index (χ1) is 8.97. The van der Waals surface area contributed by atoms with Gasteiger partial charge >= 0.3 is 0 Å². The van der Waals surface area contributed by atoms with Gasteiger partial charge in [-0.15, -0.1) is 0 Å². The molecule has 0 radical (unpaired) electrons. The van der Waals surface area contributed by atoms with E-state index in [0.717, 1.165) is 35.2 Å². The Morgan fingerprint density at radius 3 is 2.53 bits per heavy atom. The maximum absolute atomic E-state index is 12.5. The van der Waals surface area contributed by atoms with E-state index in [-0.39, 0.29) is 5.56 Å². The lowest BCUT2D eigenvalue weighted by atomic mass is 9.98. The van der Waals surface area contributed by atoms with E-state index in [1.165, 1.54) is 10.9 Å². The van der Waals surface area contributed by atoms with Crippen LogP contribution in [0.4, 0.5) is 0 Å². The van der Waals surface area contributed by atoms with Gasteiger partial charge in [-0.25, -0.2) is 0 Å². The van der Waals surface area contributed by atoms with Crippen LogP contribution in [0.15, 0.2) is 16.9 Å². The Hall–Kier alpha value is -1.61.